The number of esters is 1. The molecular formula is C19H20BrNO3. The van der Waals surface area contributed by atoms with Gasteiger partial charge in [0.25, 0.3) is 5.91 Å². The second-order valence-corrected chi connectivity index (χ2v) is 6.40. The van der Waals surface area contributed by atoms with Gasteiger partial charge in [0.05, 0.1) is 5.92 Å². The lowest BCUT2D eigenvalue weighted by Crippen LogP contribution is -2.24. The smallest absolute Gasteiger partial charge is 0.313 e. The molecule has 0 spiro atoms. The summed E-state index contributed by atoms with van der Waals surface area (Å²) in [5.74, 6) is -1.09. The number of hydrogen-bond acceptors (Lipinski definition) is 3. The van der Waals surface area contributed by atoms with Crippen LogP contribution in [0.2, 0.25) is 0 Å². The molecule has 0 saturated carbocycles. The minimum atomic E-state index is -0.383. The number of benzene rings is 2. The second kappa shape index (κ2) is 8.64. The summed E-state index contributed by atoms with van der Waals surface area (Å²) in [5, 5.41) is 2.75. The van der Waals surface area contributed by atoms with Crippen LogP contribution in [0, 0.1) is 6.92 Å². The predicted molar refractivity (Wildman–Crippen MR) is 97.9 cm³/mol. The SMILES string of the molecule is CC[C@H](C(=O)OCC(=O)Nc1ccc(Br)cc1C)c1ccccc1. The third-order valence-corrected chi connectivity index (χ3v) is 4.20. The summed E-state index contributed by atoms with van der Waals surface area (Å²) in [6.07, 6.45) is 0.621. The zero-order valence-corrected chi connectivity index (χ0v) is 15.3. The third-order valence-electron chi connectivity index (χ3n) is 3.70. The number of ether oxygens (including phenoxy) is 1. The fourth-order valence-corrected chi connectivity index (χ4v) is 2.89. The molecule has 0 aromatic heterocycles. The molecule has 2 aromatic rings. The normalized spacial score (nSPS) is 11.6. The molecule has 2 rings (SSSR count). The highest BCUT2D eigenvalue weighted by Crippen LogP contribution is 2.21. The first-order valence-electron chi connectivity index (χ1n) is 7.79. The van der Waals surface area contributed by atoms with Gasteiger partial charge in [-0.15, -0.1) is 0 Å². The predicted octanol–water partition coefficient (Wildman–Crippen LogP) is 4.43. The Bertz CT molecular complexity index is 716. The van der Waals surface area contributed by atoms with E-state index in [2.05, 4.69) is 21.2 Å². The number of anilines is 1. The molecular weight excluding hydrogens is 370 g/mol. The van der Waals surface area contributed by atoms with Crippen LogP contribution in [0.1, 0.15) is 30.4 Å². The highest BCUT2D eigenvalue weighted by Gasteiger charge is 2.21. The fraction of sp³-hybridized carbons (Fsp3) is 0.263. The van der Waals surface area contributed by atoms with Crippen molar-refractivity contribution in [3.8, 4) is 0 Å². The maximum Gasteiger partial charge on any atom is 0.313 e. The van der Waals surface area contributed by atoms with E-state index in [1.807, 2.05) is 56.3 Å². The van der Waals surface area contributed by atoms with E-state index >= 15 is 0 Å². The quantitative estimate of drug-likeness (QED) is 0.743. The van der Waals surface area contributed by atoms with Crippen molar-refractivity contribution in [2.24, 2.45) is 0 Å². The van der Waals surface area contributed by atoms with Crippen molar-refractivity contribution in [3.63, 3.8) is 0 Å². The van der Waals surface area contributed by atoms with Gasteiger partial charge < -0.3 is 10.1 Å². The van der Waals surface area contributed by atoms with Crippen LogP contribution in [0.5, 0.6) is 0 Å². The van der Waals surface area contributed by atoms with Gasteiger partial charge in [-0.3, -0.25) is 9.59 Å². The van der Waals surface area contributed by atoms with Crippen LogP contribution in [0.4, 0.5) is 5.69 Å². The molecule has 1 atom stereocenters. The average molecular weight is 390 g/mol. The van der Waals surface area contributed by atoms with Crippen LogP contribution in [-0.4, -0.2) is 18.5 Å². The van der Waals surface area contributed by atoms with E-state index in [4.69, 9.17) is 4.74 Å². The number of rotatable bonds is 6. The first-order valence-corrected chi connectivity index (χ1v) is 8.58. The average Bonchev–Trinajstić information content (AvgIpc) is 2.57. The number of carbonyl (C=O) groups excluding carboxylic acids is 2. The lowest BCUT2D eigenvalue weighted by molar-refractivity contribution is -0.149. The molecule has 0 saturated heterocycles. The van der Waals surface area contributed by atoms with Crippen LogP contribution in [-0.2, 0) is 14.3 Å². The number of halogens is 1. The molecule has 1 N–H and O–H groups in total. The lowest BCUT2D eigenvalue weighted by Gasteiger charge is -2.15. The molecule has 126 valence electrons. The van der Waals surface area contributed by atoms with E-state index in [9.17, 15) is 9.59 Å². The van der Waals surface area contributed by atoms with E-state index in [1.54, 1.807) is 6.07 Å². The first-order chi connectivity index (χ1) is 11.5. The molecule has 4 nitrogen and oxygen atoms in total. The van der Waals surface area contributed by atoms with Gasteiger partial charge in [-0.05, 0) is 42.7 Å². The van der Waals surface area contributed by atoms with Crippen LogP contribution in [0.3, 0.4) is 0 Å². The zero-order chi connectivity index (χ0) is 17.5. The Morgan fingerprint density at radius 1 is 1.17 bits per heavy atom. The number of amides is 1. The van der Waals surface area contributed by atoms with Gasteiger partial charge in [0.1, 0.15) is 0 Å². The molecule has 0 heterocycles. The molecule has 0 unspecified atom stereocenters. The van der Waals surface area contributed by atoms with Crippen molar-refractivity contribution >= 4 is 33.5 Å². The van der Waals surface area contributed by atoms with Gasteiger partial charge in [-0.25, -0.2) is 0 Å². The minimum Gasteiger partial charge on any atom is -0.455 e. The third kappa shape index (κ3) is 4.93. The van der Waals surface area contributed by atoms with Gasteiger partial charge in [-0.2, -0.15) is 0 Å². The molecule has 5 heteroatoms. The summed E-state index contributed by atoms with van der Waals surface area (Å²) in [5.41, 5.74) is 2.53. The Labute approximate surface area is 150 Å². The van der Waals surface area contributed by atoms with Crippen LogP contribution in [0.25, 0.3) is 0 Å². The molecule has 0 aliphatic heterocycles. The second-order valence-electron chi connectivity index (χ2n) is 5.49. The van der Waals surface area contributed by atoms with E-state index in [1.165, 1.54) is 0 Å². The Kier molecular flexibility index (Phi) is 6.55. The molecule has 0 aliphatic carbocycles. The number of aryl methyl sites for hydroxylation is 1. The van der Waals surface area contributed by atoms with Crippen molar-refractivity contribution in [1.29, 1.82) is 0 Å². The van der Waals surface area contributed by atoms with Gasteiger partial charge in [0.2, 0.25) is 0 Å². The Hall–Kier alpha value is -2.14. The topological polar surface area (TPSA) is 55.4 Å². The number of hydrogen-bond donors (Lipinski definition) is 1. The van der Waals surface area contributed by atoms with Crippen LogP contribution < -0.4 is 5.32 Å². The van der Waals surface area contributed by atoms with Gasteiger partial charge in [0.15, 0.2) is 6.61 Å². The van der Waals surface area contributed by atoms with Crippen LogP contribution >= 0.6 is 15.9 Å². The van der Waals surface area contributed by atoms with E-state index in [-0.39, 0.29) is 24.4 Å². The standard InChI is InChI=1S/C19H20BrNO3/c1-3-16(14-7-5-4-6-8-14)19(23)24-12-18(22)21-17-10-9-15(20)11-13(17)2/h4-11,16H,3,12H2,1-2H3,(H,21,22)/t16-/m0/s1. The Balaban J connectivity index is 1.92. The summed E-state index contributed by atoms with van der Waals surface area (Å²) in [6.45, 7) is 3.52. The number of nitrogens with one attached hydrogen (secondary N) is 1. The monoisotopic (exact) mass is 389 g/mol. The Morgan fingerprint density at radius 3 is 2.50 bits per heavy atom. The van der Waals surface area contributed by atoms with E-state index in [0.29, 0.717) is 12.1 Å². The van der Waals surface area contributed by atoms with Gasteiger partial charge >= 0.3 is 5.97 Å². The fourth-order valence-electron chi connectivity index (χ4n) is 2.41. The molecule has 0 bridgehead atoms. The van der Waals surface area contributed by atoms with Crippen molar-refractivity contribution in [1.82, 2.24) is 0 Å². The molecule has 2 aromatic carbocycles. The summed E-state index contributed by atoms with van der Waals surface area (Å²) in [4.78, 5) is 24.2. The molecule has 1 amide bonds. The van der Waals surface area contributed by atoms with Crippen LogP contribution in [0.15, 0.2) is 53.0 Å². The summed E-state index contributed by atoms with van der Waals surface area (Å²) in [7, 11) is 0. The van der Waals surface area contributed by atoms with E-state index < -0.39 is 0 Å². The zero-order valence-electron chi connectivity index (χ0n) is 13.7. The largest absolute Gasteiger partial charge is 0.455 e. The highest BCUT2D eigenvalue weighted by molar-refractivity contribution is 9.10. The minimum absolute atomic E-state index is 0.294. The molecule has 0 radical (unpaired) electrons. The van der Waals surface area contributed by atoms with Crippen molar-refractivity contribution < 1.29 is 14.3 Å². The molecule has 0 fully saturated rings. The summed E-state index contributed by atoms with van der Waals surface area (Å²) < 4.78 is 6.13. The Morgan fingerprint density at radius 2 is 1.88 bits per heavy atom. The van der Waals surface area contributed by atoms with Crippen molar-refractivity contribution in [2.45, 2.75) is 26.2 Å². The van der Waals surface area contributed by atoms with E-state index in [0.717, 1.165) is 15.6 Å². The highest BCUT2D eigenvalue weighted by atomic mass is 79.9. The summed E-state index contributed by atoms with van der Waals surface area (Å²) in [6, 6.07) is 15.0. The first kappa shape index (κ1) is 18.2. The van der Waals surface area contributed by atoms with Crippen molar-refractivity contribution in [2.75, 3.05) is 11.9 Å². The van der Waals surface area contributed by atoms with Crippen molar-refractivity contribution in [3.05, 3.63) is 64.1 Å². The summed E-state index contributed by atoms with van der Waals surface area (Å²) >= 11 is 3.38. The van der Waals surface area contributed by atoms with Gasteiger partial charge in [0, 0.05) is 10.2 Å². The lowest BCUT2D eigenvalue weighted by atomic mass is 9.97. The molecule has 0 aliphatic rings. The van der Waals surface area contributed by atoms with Gasteiger partial charge in [-0.1, -0.05) is 53.2 Å². The maximum atomic E-state index is 12.2. The maximum absolute atomic E-state index is 12.2. The molecule has 24 heavy (non-hydrogen) atoms. The number of carbonyl (C=O) groups is 2.